The first kappa shape index (κ1) is 23.2. The van der Waals surface area contributed by atoms with Crippen LogP contribution in [0.1, 0.15) is 57.8 Å². The van der Waals surface area contributed by atoms with E-state index in [-0.39, 0.29) is 48.5 Å². The van der Waals surface area contributed by atoms with Gasteiger partial charge >= 0.3 is 0 Å². The van der Waals surface area contributed by atoms with Crippen molar-refractivity contribution in [2.24, 2.45) is 11.3 Å². The summed E-state index contributed by atoms with van der Waals surface area (Å²) in [6, 6.07) is 0. The molecule has 2 bridgehead atoms. The van der Waals surface area contributed by atoms with Gasteiger partial charge in [-0.3, -0.25) is 9.59 Å². The Balaban J connectivity index is 1.14. The first-order chi connectivity index (χ1) is 14.7. The molecule has 0 aliphatic heterocycles. The Kier molecular flexibility index (Phi) is 6.80. The van der Waals surface area contributed by atoms with Crippen LogP contribution in [0, 0.1) is 11.3 Å². The number of methoxy groups -OCH3 is 1. The van der Waals surface area contributed by atoms with Crippen LogP contribution in [0.5, 0.6) is 0 Å². The number of rotatable bonds is 8. The van der Waals surface area contributed by atoms with Crippen molar-refractivity contribution in [3.63, 3.8) is 0 Å². The predicted octanol–water partition coefficient (Wildman–Crippen LogP) is 2.81. The summed E-state index contributed by atoms with van der Waals surface area (Å²) in [6.45, 7) is 0.367. The van der Waals surface area contributed by atoms with E-state index < -0.39 is 23.1 Å². The molecule has 5 fully saturated rings. The highest BCUT2D eigenvalue weighted by Gasteiger charge is 2.72. The van der Waals surface area contributed by atoms with Crippen LogP contribution in [0.4, 0.5) is 8.78 Å². The lowest BCUT2D eigenvalue weighted by atomic mass is 9.39. The van der Waals surface area contributed by atoms with Gasteiger partial charge in [0.15, 0.2) is 0 Å². The maximum Gasteiger partial charge on any atom is 0.246 e. The Morgan fingerprint density at radius 2 is 1.81 bits per heavy atom. The van der Waals surface area contributed by atoms with Crippen molar-refractivity contribution in [2.75, 3.05) is 20.3 Å². The topological polar surface area (TPSA) is 76.7 Å². The lowest BCUT2D eigenvalue weighted by molar-refractivity contribution is -0.185. The fourth-order valence-corrected chi connectivity index (χ4v) is 6.20. The number of nitrogens with one attached hydrogen (secondary N) is 2. The van der Waals surface area contributed by atoms with Gasteiger partial charge in [-0.2, -0.15) is 0 Å². The maximum absolute atomic E-state index is 13.8. The van der Waals surface area contributed by atoms with Crippen LogP contribution in [-0.4, -0.2) is 67.5 Å². The molecule has 5 aliphatic rings. The van der Waals surface area contributed by atoms with Crippen LogP contribution >= 0.6 is 11.6 Å². The van der Waals surface area contributed by atoms with E-state index in [1.165, 1.54) is 0 Å². The summed E-state index contributed by atoms with van der Waals surface area (Å²) >= 11 is 5.87. The van der Waals surface area contributed by atoms with E-state index in [2.05, 4.69) is 10.6 Å². The Morgan fingerprint density at radius 3 is 2.48 bits per heavy atom. The van der Waals surface area contributed by atoms with Gasteiger partial charge in [0.2, 0.25) is 11.8 Å². The molecule has 9 heteroatoms. The van der Waals surface area contributed by atoms with Crippen molar-refractivity contribution in [1.82, 2.24) is 10.6 Å². The molecule has 0 heterocycles. The van der Waals surface area contributed by atoms with Gasteiger partial charge in [-0.05, 0) is 50.9 Å². The summed E-state index contributed by atoms with van der Waals surface area (Å²) in [5.74, 6) is -0.130. The molecule has 31 heavy (non-hydrogen) atoms. The fraction of sp³-hybridized carbons (Fsp3) is 0.909. The molecule has 6 unspecified atom stereocenters. The van der Waals surface area contributed by atoms with Crippen LogP contribution in [-0.2, 0) is 19.1 Å². The summed E-state index contributed by atoms with van der Waals surface area (Å²) in [5.41, 5.74) is -0.719. The minimum atomic E-state index is -1.09. The maximum atomic E-state index is 13.8. The van der Waals surface area contributed by atoms with Crippen LogP contribution in [0.25, 0.3) is 0 Å². The van der Waals surface area contributed by atoms with Gasteiger partial charge in [0.25, 0.3) is 0 Å². The zero-order chi connectivity index (χ0) is 22.2. The van der Waals surface area contributed by atoms with Crippen molar-refractivity contribution in [1.29, 1.82) is 0 Å². The van der Waals surface area contributed by atoms with Crippen molar-refractivity contribution < 1.29 is 27.8 Å². The Labute approximate surface area is 187 Å². The Bertz CT molecular complexity index is 677. The molecule has 0 spiro atoms. The van der Waals surface area contributed by atoms with Crippen molar-refractivity contribution >= 4 is 23.4 Å². The number of halogens is 3. The zero-order valence-corrected chi connectivity index (χ0v) is 18.8. The molecule has 5 aliphatic carbocycles. The average Bonchev–Trinajstić information content (AvgIpc) is 2.68. The van der Waals surface area contributed by atoms with E-state index in [1.54, 1.807) is 7.11 Å². The van der Waals surface area contributed by atoms with Gasteiger partial charge in [0, 0.05) is 32.0 Å². The minimum Gasteiger partial charge on any atom is -0.381 e. The monoisotopic (exact) mass is 462 g/mol. The molecule has 0 aromatic carbocycles. The number of hydrogen-bond donors (Lipinski definition) is 2. The van der Waals surface area contributed by atoms with Gasteiger partial charge in [-0.15, -0.1) is 11.6 Å². The van der Waals surface area contributed by atoms with Gasteiger partial charge in [0.1, 0.15) is 19.0 Å². The zero-order valence-electron chi connectivity index (χ0n) is 18.0. The number of ether oxygens (including phenoxy) is 2. The average molecular weight is 463 g/mol. The summed E-state index contributed by atoms with van der Waals surface area (Å²) < 4.78 is 38.4. The molecule has 0 saturated heterocycles. The minimum absolute atomic E-state index is 0.00152. The van der Waals surface area contributed by atoms with Gasteiger partial charge < -0.3 is 20.1 Å². The molecule has 0 aromatic rings. The molecule has 5 saturated carbocycles. The molecule has 2 N–H and O–H groups in total. The van der Waals surface area contributed by atoms with Gasteiger partial charge in [0.05, 0.1) is 23.0 Å². The largest absolute Gasteiger partial charge is 0.381 e. The van der Waals surface area contributed by atoms with E-state index in [0.29, 0.717) is 51.5 Å². The number of amides is 2. The third-order valence-electron chi connectivity index (χ3n) is 7.60. The lowest BCUT2D eigenvalue weighted by Gasteiger charge is -2.69. The molecular weight excluding hydrogens is 430 g/mol. The second-order valence-electron chi connectivity index (χ2n) is 10.2. The van der Waals surface area contributed by atoms with Crippen LogP contribution in [0.2, 0.25) is 0 Å². The smallest absolute Gasteiger partial charge is 0.246 e. The normalized spacial score (nSPS) is 44.0. The molecule has 176 valence electrons. The van der Waals surface area contributed by atoms with E-state index >= 15 is 0 Å². The first-order valence-corrected chi connectivity index (χ1v) is 11.8. The number of carbonyl (C=O) groups is 2. The lowest BCUT2D eigenvalue weighted by Crippen LogP contribution is -2.78. The third kappa shape index (κ3) is 5.01. The van der Waals surface area contributed by atoms with Crippen LogP contribution in [0.15, 0.2) is 0 Å². The van der Waals surface area contributed by atoms with Crippen molar-refractivity contribution in [3.05, 3.63) is 0 Å². The van der Waals surface area contributed by atoms with Crippen molar-refractivity contribution in [3.8, 4) is 0 Å². The molecule has 5 rings (SSSR count). The highest BCUT2D eigenvalue weighted by molar-refractivity contribution is 6.21. The fourth-order valence-electron chi connectivity index (χ4n) is 5.97. The second kappa shape index (κ2) is 9.10. The van der Waals surface area contributed by atoms with Crippen LogP contribution in [0.3, 0.4) is 0 Å². The molecule has 6 nitrogen and oxygen atoms in total. The quantitative estimate of drug-likeness (QED) is 0.544. The summed E-state index contributed by atoms with van der Waals surface area (Å²) in [4.78, 5) is 24.9. The number of hydrogen-bond acceptors (Lipinski definition) is 4. The van der Waals surface area contributed by atoms with E-state index in [0.717, 1.165) is 6.42 Å². The van der Waals surface area contributed by atoms with Gasteiger partial charge in [-0.25, -0.2) is 8.78 Å². The molecule has 0 radical (unpaired) electrons. The predicted molar refractivity (Wildman–Crippen MR) is 111 cm³/mol. The molecule has 0 aromatic heterocycles. The third-order valence-corrected chi connectivity index (χ3v) is 8.09. The first-order valence-electron chi connectivity index (χ1n) is 11.4. The Hall–Kier alpha value is -0.990. The number of carbonyl (C=O) groups excluding carboxylic acids is 2. The molecule has 6 atom stereocenters. The summed E-state index contributed by atoms with van der Waals surface area (Å²) in [6.07, 6.45) is 2.63. The molecular formula is C22H33ClF2N2O4. The number of alkyl halides is 3. The van der Waals surface area contributed by atoms with Crippen molar-refractivity contribution in [2.45, 2.75) is 93.3 Å². The van der Waals surface area contributed by atoms with Crippen LogP contribution < -0.4 is 10.6 Å². The van der Waals surface area contributed by atoms with Gasteiger partial charge in [-0.1, -0.05) is 0 Å². The summed E-state index contributed by atoms with van der Waals surface area (Å²) in [5, 5.41) is 5.53. The van der Waals surface area contributed by atoms with E-state index in [1.807, 2.05) is 0 Å². The second-order valence-corrected chi connectivity index (χ2v) is 10.7. The SMILES string of the molecule is COC1CC(F)CC(CNC(=O)C23CC(NC(=O)COC4CCC(Cl)C(F)C4)(C2)C3)C1. The van der Waals surface area contributed by atoms with E-state index in [9.17, 15) is 18.4 Å². The van der Waals surface area contributed by atoms with E-state index in [4.69, 9.17) is 21.1 Å². The molecule has 2 amide bonds. The summed E-state index contributed by atoms with van der Waals surface area (Å²) in [7, 11) is 1.60. The highest BCUT2D eigenvalue weighted by atomic mass is 35.5. The standard InChI is InChI=1S/C22H33ClF2N2O4/c1-30-16-5-13(4-14(24)6-16)8-26-20(29)21-10-22(11-21,12-21)27-19(28)9-31-15-2-3-17(23)18(25)7-15/h13-18H,2-12H2,1H3,(H,26,29)(H,27,28). The Morgan fingerprint density at radius 1 is 1.06 bits per heavy atom. The highest BCUT2D eigenvalue weighted by Crippen LogP contribution is 2.67.